The fourth-order valence-electron chi connectivity index (χ4n) is 1.51. The van der Waals surface area contributed by atoms with Crippen molar-refractivity contribution in [3.8, 4) is 11.5 Å². The summed E-state index contributed by atoms with van der Waals surface area (Å²) in [4.78, 5) is 13.0. The topological polar surface area (TPSA) is 76.1 Å². The third kappa shape index (κ3) is 7.09. The molecule has 0 heterocycles. The molecule has 22 heavy (non-hydrogen) atoms. The van der Waals surface area contributed by atoms with Crippen LogP contribution in [0.5, 0.6) is 11.5 Å². The Morgan fingerprint density at radius 3 is 2.55 bits per heavy atom. The molecule has 0 aliphatic heterocycles. The summed E-state index contributed by atoms with van der Waals surface area (Å²) in [5.41, 5.74) is 5.08. The minimum atomic E-state index is -0.340. The Bertz CT molecular complexity index is 497. The summed E-state index contributed by atoms with van der Waals surface area (Å²) in [7, 11) is 5.65. The number of likely N-dealkylation sites (N-methyl/N-ethyl adjacent to an activating group) is 1. The van der Waals surface area contributed by atoms with E-state index in [1.165, 1.54) is 4.90 Å². The second-order valence-electron chi connectivity index (χ2n) is 4.83. The first-order valence-electron chi connectivity index (χ1n) is 6.90. The molecule has 0 atom stereocenters. The minimum Gasteiger partial charge on any atom is -0.493 e. The molecule has 0 radical (unpaired) electrons. The van der Waals surface area contributed by atoms with Gasteiger partial charge in [-0.25, -0.2) is 0 Å². The minimum absolute atomic E-state index is 0.141. The first-order chi connectivity index (χ1) is 10.5. The van der Waals surface area contributed by atoms with Crippen LogP contribution in [0.15, 0.2) is 24.3 Å². The zero-order chi connectivity index (χ0) is 16.4. The number of thiocarbonyl (C=S) groups is 1. The molecular weight excluding hydrogens is 304 g/mol. The van der Waals surface area contributed by atoms with Gasteiger partial charge in [-0.2, -0.15) is 0 Å². The average Bonchev–Trinajstić information content (AvgIpc) is 2.50. The third-order valence-electron chi connectivity index (χ3n) is 2.65. The number of amides is 1. The van der Waals surface area contributed by atoms with Gasteiger partial charge in [0.1, 0.15) is 0 Å². The van der Waals surface area contributed by atoms with E-state index in [0.717, 1.165) is 13.1 Å². The number of nitrogens with one attached hydrogen (secondary N) is 4. The number of carbonyl (C=O) groups excluding carboxylic acids is 1. The van der Waals surface area contributed by atoms with Crippen molar-refractivity contribution in [2.75, 3.05) is 40.9 Å². The molecule has 1 aromatic carbocycles. The lowest BCUT2D eigenvalue weighted by atomic mass is 10.3. The van der Waals surface area contributed by atoms with Gasteiger partial charge in [-0.1, -0.05) is 12.1 Å². The number of hydrogen-bond acceptors (Lipinski definition) is 4. The van der Waals surface area contributed by atoms with Gasteiger partial charge < -0.3 is 19.7 Å². The third-order valence-corrected chi connectivity index (χ3v) is 2.90. The Kier molecular flexibility index (Phi) is 8.01. The fraction of sp³-hybridized carbons (Fsp3) is 0.429. The number of quaternary nitrogens is 1. The lowest BCUT2D eigenvalue weighted by Crippen LogP contribution is -3.06. The molecule has 0 saturated heterocycles. The van der Waals surface area contributed by atoms with E-state index in [4.69, 9.17) is 21.7 Å². The molecule has 1 aromatic rings. The van der Waals surface area contributed by atoms with Crippen molar-refractivity contribution < 1.29 is 19.2 Å². The van der Waals surface area contributed by atoms with E-state index >= 15 is 0 Å². The molecule has 0 aliphatic rings. The van der Waals surface area contributed by atoms with Gasteiger partial charge in [0.2, 0.25) is 0 Å². The molecule has 8 heteroatoms. The van der Waals surface area contributed by atoms with Gasteiger partial charge >= 0.3 is 0 Å². The SMILES string of the molecule is COc1ccccc1OCC(=O)NNC(=S)NCC[NH+](C)C. The predicted molar refractivity (Wildman–Crippen MR) is 88.0 cm³/mol. The second-order valence-corrected chi connectivity index (χ2v) is 5.23. The van der Waals surface area contributed by atoms with Crippen molar-refractivity contribution in [1.29, 1.82) is 0 Å². The van der Waals surface area contributed by atoms with Crippen LogP contribution in [0.2, 0.25) is 0 Å². The number of benzene rings is 1. The van der Waals surface area contributed by atoms with Gasteiger partial charge in [0.15, 0.2) is 23.2 Å². The predicted octanol–water partition coefficient (Wildman–Crippen LogP) is -1.29. The molecule has 0 bridgehead atoms. The van der Waals surface area contributed by atoms with Crippen LogP contribution in [0, 0.1) is 0 Å². The van der Waals surface area contributed by atoms with Crippen molar-refractivity contribution in [3.05, 3.63) is 24.3 Å². The van der Waals surface area contributed by atoms with E-state index in [9.17, 15) is 4.79 Å². The quantitative estimate of drug-likeness (QED) is 0.369. The van der Waals surface area contributed by atoms with Gasteiger partial charge in [0.25, 0.3) is 5.91 Å². The molecule has 0 aliphatic carbocycles. The summed E-state index contributed by atoms with van der Waals surface area (Å²) in [6.07, 6.45) is 0. The van der Waals surface area contributed by atoms with Crippen LogP contribution in [-0.2, 0) is 4.79 Å². The summed E-state index contributed by atoms with van der Waals surface area (Å²) < 4.78 is 10.5. The molecule has 122 valence electrons. The van der Waals surface area contributed by atoms with Crippen LogP contribution in [-0.4, -0.2) is 51.9 Å². The molecule has 0 fully saturated rings. The monoisotopic (exact) mass is 327 g/mol. The number of para-hydroxylation sites is 2. The molecule has 1 rings (SSSR count). The number of methoxy groups -OCH3 is 1. The van der Waals surface area contributed by atoms with Crippen LogP contribution in [0.25, 0.3) is 0 Å². The van der Waals surface area contributed by atoms with E-state index in [1.54, 1.807) is 25.3 Å². The summed E-state index contributed by atoms with van der Waals surface area (Å²) in [5, 5.41) is 3.35. The number of hydrazine groups is 1. The molecule has 1 amide bonds. The van der Waals surface area contributed by atoms with Crippen LogP contribution in [0.4, 0.5) is 0 Å². The fourth-order valence-corrected chi connectivity index (χ4v) is 1.67. The van der Waals surface area contributed by atoms with E-state index in [-0.39, 0.29) is 12.5 Å². The first-order valence-corrected chi connectivity index (χ1v) is 7.31. The summed E-state index contributed by atoms with van der Waals surface area (Å²) >= 11 is 5.03. The van der Waals surface area contributed by atoms with Crippen molar-refractivity contribution in [2.24, 2.45) is 0 Å². The highest BCUT2D eigenvalue weighted by atomic mass is 32.1. The molecular formula is C14H23N4O3S+. The molecule has 0 spiro atoms. The normalized spacial score (nSPS) is 10.0. The van der Waals surface area contributed by atoms with E-state index in [1.807, 2.05) is 6.07 Å². The van der Waals surface area contributed by atoms with Crippen molar-refractivity contribution in [3.63, 3.8) is 0 Å². The number of ether oxygens (including phenoxy) is 2. The smallest absolute Gasteiger partial charge is 0.276 e. The highest BCUT2D eigenvalue weighted by molar-refractivity contribution is 7.80. The summed E-state index contributed by atoms with van der Waals surface area (Å²) in [5.74, 6) is 0.745. The van der Waals surface area contributed by atoms with Gasteiger partial charge in [0, 0.05) is 0 Å². The van der Waals surface area contributed by atoms with Crippen LogP contribution >= 0.6 is 12.2 Å². The average molecular weight is 327 g/mol. The van der Waals surface area contributed by atoms with Gasteiger partial charge in [0.05, 0.1) is 34.3 Å². The standard InChI is InChI=1S/C14H22N4O3S/c1-18(2)9-8-15-14(22)17-16-13(19)10-21-12-7-5-4-6-11(12)20-3/h4-7H,8-10H2,1-3H3,(H,16,19)(H2,15,17,22)/p+1. The number of rotatable bonds is 7. The molecule has 7 nitrogen and oxygen atoms in total. The van der Waals surface area contributed by atoms with E-state index in [2.05, 4.69) is 30.3 Å². The van der Waals surface area contributed by atoms with E-state index < -0.39 is 0 Å². The summed E-state index contributed by atoms with van der Waals surface area (Å²) in [6, 6.07) is 7.12. The Hall–Kier alpha value is -2.06. The Morgan fingerprint density at radius 2 is 1.91 bits per heavy atom. The maximum absolute atomic E-state index is 11.7. The van der Waals surface area contributed by atoms with Crippen molar-refractivity contribution in [1.82, 2.24) is 16.2 Å². The molecule has 0 aromatic heterocycles. The largest absolute Gasteiger partial charge is 0.493 e. The van der Waals surface area contributed by atoms with Crippen molar-refractivity contribution >= 4 is 23.2 Å². The lowest BCUT2D eigenvalue weighted by Gasteiger charge is -2.13. The van der Waals surface area contributed by atoms with Gasteiger partial charge in [-0.15, -0.1) is 0 Å². The highest BCUT2D eigenvalue weighted by Gasteiger charge is 2.07. The van der Waals surface area contributed by atoms with Gasteiger partial charge in [-0.3, -0.25) is 15.6 Å². The Balaban J connectivity index is 2.24. The Labute approximate surface area is 135 Å². The number of carbonyl (C=O) groups is 1. The van der Waals surface area contributed by atoms with Crippen LogP contribution in [0.3, 0.4) is 0 Å². The second kappa shape index (κ2) is 9.80. The maximum Gasteiger partial charge on any atom is 0.276 e. The zero-order valence-electron chi connectivity index (χ0n) is 13.1. The molecule has 0 saturated carbocycles. The van der Waals surface area contributed by atoms with E-state index in [0.29, 0.717) is 16.6 Å². The first kappa shape index (κ1) is 18.0. The molecule has 0 unspecified atom stereocenters. The highest BCUT2D eigenvalue weighted by Crippen LogP contribution is 2.25. The lowest BCUT2D eigenvalue weighted by molar-refractivity contribution is -0.856. The summed E-state index contributed by atoms with van der Waals surface area (Å²) in [6.45, 7) is 1.51. The van der Waals surface area contributed by atoms with Gasteiger partial charge in [-0.05, 0) is 24.4 Å². The Morgan fingerprint density at radius 1 is 1.23 bits per heavy atom. The maximum atomic E-state index is 11.7. The number of hydrogen-bond donors (Lipinski definition) is 4. The molecule has 4 N–H and O–H groups in total. The van der Waals surface area contributed by atoms with Crippen molar-refractivity contribution in [2.45, 2.75) is 0 Å². The zero-order valence-corrected chi connectivity index (χ0v) is 13.9. The van der Waals surface area contributed by atoms with Crippen LogP contribution in [0.1, 0.15) is 0 Å². The van der Waals surface area contributed by atoms with Crippen LogP contribution < -0.4 is 30.5 Å².